The van der Waals surface area contributed by atoms with Crippen molar-refractivity contribution in [2.24, 2.45) is 23.7 Å². The fraction of sp³-hybridized carbons (Fsp3) is 0.864. The summed E-state index contributed by atoms with van der Waals surface area (Å²) in [4.78, 5) is 11.3. The van der Waals surface area contributed by atoms with Crippen molar-refractivity contribution in [3.63, 3.8) is 0 Å². The Kier molecular flexibility index (Phi) is 18.1. The van der Waals surface area contributed by atoms with E-state index < -0.39 is 0 Å². The summed E-state index contributed by atoms with van der Waals surface area (Å²) >= 11 is 0. The molecule has 0 radical (unpaired) electrons. The average Bonchev–Trinajstić information content (AvgIpc) is 2.56. The lowest BCUT2D eigenvalue weighted by atomic mass is 9.84. The Labute approximate surface area is 152 Å². The Morgan fingerprint density at radius 3 is 1.83 bits per heavy atom. The molecule has 0 rings (SSSR count). The second-order valence-electron chi connectivity index (χ2n) is 7.42. The van der Waals surface area contributed by atoms with E-state index in [1.165, 1.54) is 32.1 Å². The molecule has 144 valence electrons. The van der Waals surface area contributed by atoms with E-state index in [1.54, 1.807) is 6.08 Å². The minimum Gasteiger partial charge on any atom is -0.463 e. The number of hydrogen-bond donors (Lipinski definition) is 0. The Morgan fingerprint density at radius 2 is 1.38 bits per heavy atom. The zero-order valence-corrected chi connectivity index (χ0v) is 17.7. The van der Waals surface area contributed by atoms with Crippen LogP contribution in [0.2, 0.25) is 0 Å². The third kappa shape index (κ3) is 16.1. The van der Waals surface area contributed by atoms with Gasteiger partial charge in [-0.15, -0.1) is 0 Å². The molecule has 2 heteroatoms. The van der Waals surface area contributed by atoms with Gasteiger partial charge in [-0.05, 0) is 43.4 Å². The topological polar surface area (TPSA) is 26.3 Å². The van der Waals surface area contributed by atoms with Gasteiger partial charge in [0.2, 0.25) is 0 Å². The van der Waals surface area contributed by atoms with Crippen molar-refractivity contribution >= 4 is 5.97 Å². The zero-order valence-electron chi connectivity index (χ0n) is 17.7. The molecular formula is C22H44O2. The third-order valence-electron chi connectivity index (χ3n) is 4.71. The molecule has 0 heterocycles. The summed E-state index contributed by atoms with van der Waals surface area (Å²) in [5.74, 6) is 2.62. The van der Waals surface area contributed by atoms with Gasteiger partial charge >= 0.3 is 5.97 Å². The molecule has 4 unspecified atom stereocenters. The van der Waals surface area contributed by atoms with Crippen LogP contribution in [0.4, 0.5) is 0 Å². The van der Waals surface area contributed by atoms with E-state index >= 15 is 0 Å². The van der Waals surface area contributed by atoms with Crippen LogP contribution >= 0.6 is 0 Å². The SMILES string of the molecule is CCC.CCOC(=O)/C=C/C(C)CCC(C)C(C)CCC(C)CC. The first-order valence-electron chi connectivity index (χ1n) is 10.2. The van der Waals surface area contributed by atoms with Crippen LogP contribution in [-0.2, 0) is 9.53 Å². The van der Waals surface area contributed by atoms with Crippen molar-refractivity contribution in [2.45, 2.75) is 93.9 Å². The van der Waals surface area contributed by atoms with E-state index in [4.69, 9.17) is 4.74 Å². The highest BCUT2D eigenvalue weighted by molar-refractivity contribution is 5.81. The molecule has 0 aliphatic carbocycles. The molecule has 0 spiro atoms. The molecule has 0 aromatic carbocycles. The fourth-order valence-corrected chi connectivity index (χ4v) is 2.38. The maximum Gasteiger partial charge on any atom is 0.330 e. The monoisotopic (exact) mass is 340 g/mol. The number of carbonyl (C=O) groups excluding carboxylic acids is 1. The standard InChI is InChI=1S/C19H36O2.C3H8/c1-7-15(3)9-12-17(5)18(6)13-10-16(4)11-14-19(20)21-8-2;1-3-2/h11,14-18H,7-10,12-13H2,1-6H3;3H2,1-2H3/b14-11+;. The Bertz CT molecular complexity index is 309. The third-order valence-corrected chi connectivity index (χ3v) is 4.71. The molecule has 0 saturated heterocycles. The molecule has 24 heavy (non-hydrogen) atoms. The van der Waals surface area contributed by atoms with Crippen LogP contribution in [0, 0.1) is 23.7 Å². The Morgan fingerprint density at radius 1 is 0.875 bits per heavy atom. The molecule has 0 amide bonds. The first kappa shape index (κ1) is 25.5. The Balaban J connectivity index is 0. The molecule has 0 N–H and O–H groups in total. The van der Waals surface area contributed by atoms with Crippen LogP contribution in [-0.4, -0.2) is 12.6 Å². The van der Waals surface area contributed by atoms with Crippen LogP contribution in [0.15, 0.2) is 12.2 Å². The molecule has 4 atom stereocenters. The van der Waals surface area contributed by atoms with Gasteiger partial charge in [0, 0.05) is 6.08 Å². The second kappa shape index (κ2) is 17.0. The quantitative estimate of drug-likeness (QED) is 0.298. The summed E-state index contributed by atoms with van der Waals surface area (Å²) < 4.78 is 4.90. The Hall–Kier alpha value is -0.790. The van der Waals surface area contributed by atoms with Crippen LogP contribution in [0.5, 0.6) is 0 Å². The predicted molar refractivity (Wildman–Crippen MR) is 107 cm³/mol. The van der Waals surface area contributed by atoms with Gasteiger partial charge in [0.05, 0.1) is 6.61 Å². The van der Waals surface area contributed by atoms with Crippen LogP contribution in [0.3, 0.4) is 0 Å². The highest BCUT2D eigenvalue weighted by Crippen LogP contribution is 2.25. The van der Waals surface area contributed by atoms with Crippen molar-refractivity contribution in [2.75, 3.05) is 6.61 Å². The van der Waals surface area contributed by atoms with Gasteiger partial charge in [0.15, 0.2) is 0 Å². The minimum atomic E-state index is -0.223. The van der Waals surface area contributed by atoms with E-state index in [2.05, 4.69) is 48.5 Å². The van der Waals surface area contributed by atoms with Crippen molar-refractivity contribution in [1.82, 2.24) is 0 Å². The lowest BCUT2D eigenvalue weighted by Gasteiger charge is -2.22. The summed E-state index contributed by atoms with van der Waals surface area (Å²) in [7, 11) is 0. The highest BCUT2D eigenvalue weighted by Gasteiger charge is 2.14. The van der Waals surface area contributed by atoms with Crippen molar-refractivity contribution in [3.8, 4) is 0 Å². The lowest BCUT2D eigenvalue weighted by Crippen LogP contribution is -2.11. The number of esters is 1. The minimum absolute atomic E-state index is 0.223. The molecule has 2 nitrogen and oxygen atoms in total. The average molecular weight is 341 g/mol. The summed E-state index contributed by atoms with van der Waals surface area (Å²) in [5, 5.41) is 0. The van der Waals surface area contributed by atoms with E-state index in [0.717, 1.165) is 24.2 Å². The van der Waals surface area contributed by atoms with Crippen LogP contribution in [0.25, 0.3) is 0 Å². The molecule has 0 aromatic rings. The normalized spacial score (nSPS) is 16.0. The van der Waals surface area contributed by atoms with Crippen molar-refractivity contribution < 1.29 is 9.53 Å². The lowest BCUT2D eigenvalue weighted by molar-refractivity contribution is -0.137. The molecular weight excluding hydrogens is 296 g/mol. The van der Waals surface area contributed by atoms with E-state index in [0.29, 0.717) is 12.5 Å². The number of ether oxygens (including phenoxy) is 1. The van der Waals surface area contributed by atoms with Gasteiger partial charge in [-0.2, -0.15) is 0 Å². The number of hydrogen-bond acceptors (Lipinski definition) is 2. The second-order valence-corrected chi connectivity index (χ2v) is 7.42. The summed E-state index contributed by atoms with van der Waals surface area (Å²) in [6, 6.07) is 0. The van der Waals surface area contributed by atoms with E-state index in [9.17, 15) is 4.79 Å². The number of allylic oxidation sites excluding steroid dienone is 1. The van der Waals surface area contributed by atoms with E-state index in [1.807, 2.05) is 13.0 Å². The smallest absolute Gasteiger partial charge is 0.330 e. The van der Waals surface area contributed by atoms with Gasteiger partial charge in [-0.1, -0.05) is 80.2 Å². The van der Waals surface area contributed by atoms with Crippen molar-refractivity contribution in [3.05, 3.63) is 12.2 Å². The van der Waals surface area contributed by atoms with Gasteiger partial charge in [-0.3, -0.25) is 0 Å². The van der Waals surface area contributed by atoms with E-state index in [-0.39, 0.29) is 5.97 Å². The molecule has 0 aliphatic rings. The largest absolute Gasteiger partial charge is 0.463 e. The van der Waals surface area contributed by atoms with Gasteiger partial charge < -0.3 is 4.74 Å². The fourth-order valence-electron chi connectivity index (χ4n) is 2.38. The maximum atomic E-state index is 11.3. The molecule has 0 saturated carbocycles. The van der Waals surface area contributed by atoms with Gasteiger partial charge in [-0.25, -0.2) is 4.79 Å². The number of rotatable bonds is 11. The van der Waals surface area contributed by atoms with Crippen LogP contribution in [0.1, 0.15) is 93.9 Å². The van der Waals surface area contributed by atoms with Gasteiger partial charge in [0.25, 0.3) is 0 Å². The predicted octanol–water partition coefficient (Wildman–Crippen LogP) is 7.04. The highest BCUT2D eigenvalue weighted by atomic mass is 16.5. The molecule has 0 bridgehead atoms. The first-order valence-corrected chi connectivity index (χ1v) is 10.2. The summed E-state index contributed by atoms with van der Waals surface area (Å²) in [6.07, 6.45) is 11.2. The summed E-state index contributed by atoms with van der Waals surface area (Å²) in [6.45, 7) is 18.1. The molecule has 0 fully saturated rings. The summed E-state index contributed by atoms with van der Waals surface area (Å²) in [5.41, 5.74) is 0. The van der Waals surface area contributed by atoms with Crippen molar-refractivity contribution in [1.29, 1.82) is 0 Å². The van der Waals surface area contributed by atoms with Crippen LogP contribution < -0.4 is 0 Å². The molecule has 0 aliphatic heterocycles. The zero-order chi connectivity index (χ0) is 19.0. The maximum absolute atomic E-state index is 11.3. The number of carbonyl (C=O) groups is 1. The first-order chi connectivity index (χ1) is 11.3. The van der Waals surface area contributed by atoms with Gasteiger partial charge in [0.1, 0.15) is 0 Å². The molecule has 0 aromatic heterocycles.